The largest absolute Gasteiger partial charge is 0.502 e. The second kappa shape index (κ2) is 3.57. The first kappa shape index (κ1) is 9.73. The van der Waals surface area contributed by atoms with Crippen LogP contribution in [0.25, 0.3) is 0 Å². The van der Waals surface area contributed by atoms with Crippen molar-refractivity contribution < 1.29 is 10.2 Å². The molecule has 1 rings (SSSR count). The average Bonchev–Trinajstić information content (AvgIpc) is 2.09. The molecule has 0 aliphatic rings. The number of nitrogens with zero attached hydrogens (tertiary/aromatic N) is 2. The van der Waals surface area contributed by atoms with Crippen molar-refractivity contribution in [1.29, 1.82) is 0 Å². The predicted molar refractivity (Wildman–Crippen MR) is 46.7 cm³/mol. The first-order valence-corrected chi connectivity index (χ1v) is 3.95. The summed E-state index contributed by atoms with van der Waals surface area (Å²) >= 11 is 0. The highest BCUT2D eigenvalue weighted by atomic mass is 16.3. The van der Waals surface area contributed by atoms with E-state index in [0.29, 0.717) is 11.5 Å². The molecule has 5 nitrogen and oxygen atoms in total. The van der Waals surface area contributed by atoms with Gasteiger partial charge in [0, 0.05) is 0 Å². The van der Waals surface area contributed by atoms with Crippen LogP contribution in [0.5, 0.6) is 5.75 Å². The van der Waals surface area contributed by atoms with E-state index >= 15 is 0 Å². The number of aromatic hydroxyl groups is 1. The molecule has 0 saturated heterocycles. The smallest absolute Gasteiger partial charge is 0.296 e. The van der Waals surface area contributed by atoms with Crippen molar-refractivity contribution in [1.82, 2.24) is 9.55 Å². The topological polar surface area (TPSA) is 75.3 Å². The van der Waals surface area contributed by atoms with Gasteiger partial charge >= 0.3 is 0 Å². The Morgan fingerprint density at radius 1 is 1.46 bits per heavy atom. The van der Waals surface area contributed by atoms with E-state index in [1.165, 1.54) is 4.57 Å². The molecule has 1 heterocycles. The van der Waals surface area contributed by atoms with Gasteiger partial charge in [-0.05, 0) is 13.8 Å². The summed E-state index contributed by atoms with van der Waals surface area (Å²) in [6.07, 6.45) is 0. The third-order valence-electron chi connectivity index (χ3n) is 1.83. The molecule has 0 bridgehead atoms. The summed E-state index contributed by atoms with van der Waals surface area (Å²) in [6.45, 7) is 3.23. The summed E-state index contributed by atoms with van der Waals surface area (Å²) in [6, 6.07) is 0. The SMILES string of the molecule is Cc1nc(C)n(CCO)c(=O)c1O. The van der Waals surface area contributed by atoms with Gasteiger partial charge in [-0.2, -0.15) is 0 Å². The maximum Gasteiger partial charge on any atom is 0.296 e. The van der Waals surface area contributed by atoms with E-state index in [-0.39, 0.29) is 18.9 Å². The predicted octanol–water partition coefficient (Wildman–Crippen LogP) is -0.442. The van der Waals surface area contributed by atoms with Crippen LogP contribution in [0.2, 0.25) is 0 Å². The Morgan fingerprint density at radius 2 is 2.08 bits per heavy atom. The van der Waals surface area contributed by atoms with Crippen LogP contribution in [0, 0.1) is 13.8 Å². The van der Waals surface area contributed by atoms with E-state index < -0.39 is 5.56 Å². The van der Waals surface area contributed by atoms with Crippen molar-refractivity contribution in [3.8, 4) is 5.75 Å². The second-order valence-electron chi connectivity index (χ2n) is 2.77. The molecule has 2 N–H and O–H groups in total. The molecule has 13 heavy (non-hydrogen) atoms. The summed E-state index contributed by atoms with van der Waals surface area (Å²) in [5.74, 6) is 0.147. The highest BCUT2D eigenvalue weighted by Gasteiger charge is 2.09. The fourth-order valence-electron chi connectivity index (χ4n) is 1.15. The Kier molecular flexibility index (Phi) is 2.67. The van der Waals surface area contributed by atoms with E-state index in [1.54, 1.807) is 13.8 Å². The minimum absolute atomic E-state index is 0.148. The van der Waals surface area contributed by atoms with Gasteiger partial charge in [-0.15, -0.1) is 0 Å². The molecular formula is C8H12N2O3. The number of hydrogen-bond donors (Lipinski definition) is 2. The summed E-state index contributed by atoms with van der Waals surface area (Å²) in [4.78, 5) is 15.3. The molecule has 0 fully saturated rings. The van der Waals surface area contributed by atoms with Gasteiger partial charge in [0.1, 0.15) is 5.82 Å². The molecule has 5 heteroatoms. The lowest BCUT2D eigenvalue weighted by Crippen LogP contribution is -2.25. The highest BCUT2D eigenvalue weighted by Crippen LogP contribution is 2.06. The first-order chi connectivity index (χ1) is 6.07. The molecule has 0 amide bonds. The van der Waals surface area contributed by atoms with E-state index in [2.05, 4.69) is 4.98 Å². The summed E-state index contributed by atoms with van der Waals surface area (Å²) in [7, 11) is 0. The van der Waals surface area contributed by atoms with Crippen molar-refractivity contribution >= 4 is 0 Å². The minimum atomic E-state index is -0.501. The van der Waals surface area contributed by atoms with Crippen LogP contribution in [0.3, 0.4) is 0 Å². The standard InChI is InChI=1S/C8H12N2O3/c1-5-7(12)8(13)10(3-4-11)6(2)9-5/h11-12H,3-4H2,1-2H3. The van der Waals surface area contributed by atoms with Gasteiger partial charge in [-0.1, -0.05) is 0 Å². The summed E-state index contributed by atoms with van der Waals surface area (Å²) < 4.78 is 1.24. The van der Waals surface area contributed by atoms with Gasteiger partial charge in [0.25, 0.3) is 5.56 Å². The van der Waals surface area contributed by atoms with E-state index in [1.807, 2.05) is 0 Å². The molecule has 1 aromatic heterocycles. The Labute approximate surface area is 75.3 Å². The van der Waals surface area contributed by atoms with Crippen LogP contribution in [0.4, 0.5) is 0 Å². The number of aliphatic hydroxyl groups excluding tert-OH is 1. The molecule has 0 radical (unpaired) electrons. The molecule has 0 aromatic carbocycles. The van der Waals surface area contributed by atoms with Crippen molar-refractivity contribution in [3.05, 3.63) is 21.9 Å². The molecule has 0 aliphatic carbocycles. The van der Waals surface area contributed by atoms with Crippen LogP contribution in [-0.2, 0) is 6.54 Å². The van der Waals surface area contributed by atoms with Crippen LogP contribution in [-0.4, -0.2) is 26.4 Å². The van der Waals surface area contributed by atoms with E-state index in [0.717, 1.165) is 0 Å². The third kappa shape index (κ3) is 1.70. The number of aromatic nitrogens is 2. The fraction of sp³-hybridized carbons (Fsp3) is 0.500. The normalized spacial score (nSPS) is 10.4. The molecule has 0 spiro atoms. The zero-order valence-corrected chi connectivity index (χ0v) is 7.61. The quantitative estimate of drug-likeness (QED) is 0.653. The Morgan fingerprint density at radius 3 is 2.62 bits per heavy atom. The number of aliphatic hydroxyl groups is 1. The molecule has 0 saturated carbocycles. The summed E-state index contributed by atoms with van der Waals surface area (Å²) in [5, 5.41) is 17.9. The molecule has 0 unspecified atom stereocenters. The Bertz CT molecular complexity index is 370. The third-order valence-corrected chi connectivity index (χ3v) is 1.83. The van der Waals surface area contributed by atoms with Crippen molar-refractivity contribution in [2.24, 2.45) is 0 Å². The number of rotatable bonds is 2. The van der Waals surface area contributed by atoms with Crippen molar-refractivity contribution in [3.63, 3.8) is 0 Å². The van der Waals surface area contributed by atoms with Gasteiger partial charge in [0.05, 0.1) is 18.8 Å². The monoisotopic (exact) mass is 184 g/mol. The number of aryl methyl sites for hydroxylation is 2. The molecule has 0 aliphatic heterocycles. The van der Waals surface area contributed by atoms with Gasteiger partial charge < -0.3 is 10.2 Å². The molecule has 0 atom stereocenters. The Balaban J connectivity index is 3.35. The summed E-state index contributed by atoms with van der Waals surface area (Å²) in [5.41, 5.74) is -0.185. The van der Waals surface area contributed by atoms with E-state index in [4.69, 9.17) is 5.11 Å². The maximum absolute atomic E-state index is 11.4. The van der Waals surface area contributed by atoms with Gasteiger partial charge in [0.2, 0.25) is 5.75 Å². The first-order valence-electron chi connectivity index (χ1n) is 3.95. The van der Waals surface area contributed by atoms with Crippen LogP contribution >= 0.6 is 0 Å². The minimum Gasteiger partial charge on any atom is -0.502 e. The zero-order valence-electron chi connectivity index (χ0n) is 7.61. The van der Waals surface area contributed by atoms with Gasteiger partial charge in [-0.25, -0.2) is 4.98 Å². The molecular weight excluding hydrogens is 172 g/mol. The van der Waals surface area contributed by atoms with Crippen LogP contribution in [0.1, 0.15) is 11.5 Å². The van der Waals surface area contributed by atoms with Crippen molar-refractivity contribution in [2.75, 3.05) is 6.61 Å². The number of hydrogen-bond acceptors (Lipinski definition) is 4. The molecule has 1 aromatic rings. The Hall–Kier alpha value is -1.36. The molecule has 72 valence electrons. The highest BCUT2D eigenvalue weighted by molar-refractivity contribution is 5.22. The van der Waals surface area contributed by atoms with Gasteiger partial charge in [0.15, 0.2) is 0 Å². The van der Waals surface area contributed by atoms with Crippen LogP contribution < -0.4 is 5.56 Å². The lowest BCUT2D eigenvalue weighted by molar-refractivity contribution is 0.270. The zero-order chi connectivity index (χ0) is 10.0. The fourth-order valence-corrected chi connectivity index (χ4v) is 1.15. The lowest BCUT2D eigenvalue weighted by atomic mass is 10.4. The van der Waals surface area contributed by atoms with Crippen LogP contribution in [0.15, 0.2) is 4.79 Å². The van der Waals surface area contributed by atoms with E-state index in [9.17, 15) is 9.90 Å². The van der Waals surface area contributed by atoms with Gasteiger partial charge in [-0.3, -0.25) is 9.36 Å². The van der Waals surface area contributed by atoms with Crippen molar-refractivity contribution in [2.45, 2.75) is 20.4 Å². The maximum atomic E-state index is 11.4. The lowest BCUT2D eigenvalue weighted by Gasteiger charge is -2.08. The second-order valence-corrected chi connectivity index (χ2v) is 2.77. The average molecular weight is 184 g/mol.